The summed E-state index contributed by atoms with van der Waals surface area (Å²) in [6.07, 6.45) is 6.23. The van der Waals surface area contributed by atoms with Gasteiger partial charge in [0.05, 0.1) is 0 Å². The molecule has 1 amide bonds. The molecule has 5 heteroatoms. The largest absolute Gasteiger partial charge is 0.550 e. The molecule has 0 bridgehead atoms. The van der Waals surface area contributed by atoms with Crippen molar-refractivity contribution in [3.05, 3.63) is 30.1 Å². The van der Waals surface area contributed by atoms with E-state index in [-0.39, 0.29) is 5.91 Å². The molecule has 102 valence electrons. The van der Waals surface area contributed by atoms with Crippen LogP contribution < -0.4 is 10.4 Å². The van der Waals surface area contributed by atoms with Crippen LogP contribution in [0.1, 0.15) is 31.2 Å². The van der Waals surface area contributed by atoms with Gasteiger partial charge in [-0.15, -0.1) is 0 Å². The Balaban J connectivity index is 1.93. The van der Waals surface area contributed by atoms with E-state index < -0.39 is 17.8 Å². The smallest absolute Gasteiger partial charge is 0.224 e. The molecule has 1 heterocycles. The first-order valence-electron chi connectivity index (χ1n) is 6.56. The Morgan fingerprint density at radius 3 is 2.47 bits per heavy atom. The third-order valence-corrected chi connectivity index (χ3v) is 3.62. The Labute approximate surface area is 112 Å². The quantitative estimate of drug-likeness (QED) is 0.842. The van der Waals surface area contributed by atoms with Crippen molar-refractivity contribution >= 4 is 11.9 Å². The van der Waals surface area contributed by atoms with E-state index in [0.717, 1.165) is 18.4 Å². The molecule has 1 fully saturated rings. The number of nitrogens with one attached hydrogen (secondary N) is 1. The lowest BCUT2D eigenvalue weighted by atomic mass is 9.78. The van der Waals surface area contributed by atoms with Crippen molar-refractivity contribution < 1.29 is 14.7 Å². The molecule has 1 aromatic heterocycles. The van der Waals surface area contributed by atoms with Gasteiger partial charge in [0, 0.05) is 36.7 Å². The lowest BCUT2D eigenvalue weighted by Gasteiger charge is -2.31. The zero-order valence-electron chi connectivity index (χ0n) is 10.7. The summed E-state index contributed by atoms with van der Waals surface area (Å²) in [5.74, 6) is -2.40. The van der Waals surface area contributed by atoms with Crippen LogP contribution in [0.2, 0.25) is 0 Å². The highest BCUT2D eigenvalue weighted by Gasteiger charge is 2.31. The van der Waals surface area contributed by atoms with E-state index >= 15 is 0 Å². The van der Waals surface area contributed by atoms with Crippen molar-refractivity contribution in [3.63, 3.8) is 0 Å². The summed E-state index contributed by atoms with van der Waals surface area (Å²) in [5.41, 5.74) is 0.948. The van der Waals surface area contributed by atoms with Gasteiger partial charge in [-0.1, -0.05) is 12.8 Å². The molecule has 0 radical (unpaired) electrons. The number of carbonyl (C=O) groups is 2. The number of carbonyl (C=O) groups excluding carboxylic acids is 2. The highest BCUT2D eigenvalue weighted by molar-refractivity contribution is 5.84. The number of rotatable bonds is 4. The summed E-state index contributed by atoms with van der Waals surface area (Å²) in [6, 6.07) is 3.63. The molecule has 0 aliphatic heterocycles. The average Bonchev–Trinajstić information content (AvgIpc) is 2.46. The van der Waals surface area contributed by atoms with Crippen molar-refractivity contribution in [2.24, 2.45) is 11.8 Å². The van der Waals surface area contributed by atoms with E-state index in [9.17, 15) is 14.7 Å². The number of hydrogen-bond acceptors (Lipinski definition) is 4. The fourth-order valence-corrected chi connectivity index (χ4v) is 2.55. The maximum atomic E-state index is 12.1. The van der Waals surface area contributed by atoms with Crippen molar-refractivity contribution in [1.82, 2.24) is 10.3 Å². The van der Waals surface area contributed by atoms with Gasteiger partial charge >= 0.3 is 0 Å². The molecule has 0 unspecified atom stereocenters. The second-order valence-electron chi connectivity index (χ2n) is 4.89. The van der Waals surface area contributed by atoms with E-state index in [1.54, 1.807) is 12.4 Å². The van der Waals surface area contributed by atoms with Crippen molar-refractivity contribution in [1.29, 1.82) is 0 Å². The molecule has 0 saturated heterocycles. The summed E-state index contributed by atoms with van der Waals surface area (Å²) in [7, 11) is 0. The standard InChI is InChI=1S/C14H18N2O3/c17-13(16-9-10-5-7-15-8-6-10)11-3-1-2-4-12(11)14(18)19/h5-8,11-12H,1-4,9H2,(H,16,17)(H,18,19)/p-1/t11-,12-/m1/s1. The van der Waals surface area contributed by atoms with Crippen LogP contribution in [0.4, 0.5) is 0 Å². The minimum absolute atomic E-state index is 0.189. The number of nitrogens with zero attached hydrogens (tertiary/aromatic N) is 1. The van der Waals surface area contributed by atoms with E-state index in [2.05, 4.69) is 10.3 Å². The summed E-state index contributed by atoms with van der Waals surface area (Å²) in [4.78, 5) is 27.0. The predicted molar refractivity (Wildman–Crippen MR) is 66.5 cm³/mol. The number of aromatic nitrogens is 1. The van der Waals surface area contributed by atoms with Crippen molar-refractivity contribution in [2.75, 3.05) is 0 Å². The molecule has 1 N–H and O–H groups in total. The second kappa shape index (κ2) is 6.31. The van der Waals surface area contributed by atoms with Gasteiger partial charge in [0.15, 0.2) is 0 Å². The molecule has 0 aromatic carbocycles. The Kier molecular flexibility index (Phi) is 4.49. The lowest BCUT2D eigenvalue weighted by Crippen LogP contribution is -2.44. The minimum Gasteiger partial charge on any atom is -0.550 e. The molecule has 19 heavy (non-hydrogen) atoms. The molecular formula is C14H17N2O3-. The van der Waals surface area contributed by atoms with Crippen molar-refractivity contribution in [2.45, 2.75) is 32.2 Å². The number of hydrogen-bond donors (Lipinski definition) is 1. The molecule has 1 aliphatic carbocycles. The molecule has 0 spiro atoms. The van der Waals surface area contributed by atoms with E-state index in [4.69, 9.17) is 0 Å². The van der Waals surface area contributed by atoms with Crippen LogP contribution in [0, 0.1) is 11.8 Å². The highest BCUT2D eigenvalue weighted by atomic mass is 16.4. The third kappa shape index (κ3) is 3.53. The fourth-order valence-electron chi connectivity index (χ4n) is 2.55. The average molecular weight is 261 g/mol. The summed E-state index contributed by atoms with van der Waals surface area (Å²) >= 11 is 0. The minimum atomic E-state index is -1.11. The first-order chi connectivity index (χ1) is 9.18. The second-order valence-corrected chi connectivity index (χ2v) is 4.89. The van der Waals surface area contributed by atoms with Crippen LogP contribution in [0.25, 0.3) is 0 Å². The maximum absolute atomic E-state index is 12.1. The Morgan fingerprint density at radius 1 is 1.21 bits per heavy atom. The first kappa shape index (κ1) is 13.5. The van der Waals surface area contributed by atoms with E-state index in [1.807, 2.05) is 12.1 Å². The van der Waals surface area contributed by atoms with Gasteiger partial charge < -0.3 is 15.2 Å². The monoisotopic (exact) mass is 261 g/mol. The van der Waals surface area contributed by atoms with Gasteiger partial charge in [-0.2, -0.15) is 0 Å². The number of carboxylic acid groups (broad SMARTS) is 1. The topological polar surface area (TPSA) is 82.1 Å². The number of pyridine rings is 1. The third-order valence-electron chi connectivity index (χ3n) is 3.62. The van der Waals surface area contributed by atoms with Gasteiger partial charge in [-0.25, -0.2) is 0 Å². The Bertz CT molecular complexity index is 447. The molecule has 1 aromatic rings. The van der Waals surface area contributed by atoms with Gasteiger partial charge in [0.25, 0.3) is 0 Å². The first-order valence-corrected chi connectivity index (χ1v) is 6.56. The molecule has 2 rings (SSSR count). The Hall–Kier alpha value is -1.91. The van der Waals surface area contributed by atoms with Gasteiger partial charge in [0.2, 0.25) is 5.91 Å². The van der Waals surface area contributed by atoms with Crippen LogP contribution in [-0.2, 0) is 16.1 Å². The van der Waals surface area contributed by atoms with E-state index in [1.165, 1.54) is 0 Å². The zero-order chi connectivity index (χ0) is 13.7. The summed E-state index contributed by atoms with van der Waals surface area (Å²) < 4.78 is 0. The number of aliphatic carboxylic acids is 1. The van der Waals surface area contributed by atoms with Crippen LogP contribution >= 0.6 is 0 Å². The van der Waals surface area contributed by atoms with Gasteiger partial charge in [-0.05, 0) is 30.5 Å². The number of carboxylic acids is 1. The molecular weight excluding hydrogens is 244 g/mol. The number of amides is 1. The predicted octanol–water partition coefficient (Wildman–Crippen LogP) is 0.254. The van der Waals surface area contributed by atoms with Crippen LogP contribution in [0.5, 0.6) is 0 Å². The van der Waals surface area contributed by atoms with Crippen LogP contribution in [0.15, 0.2) is 24.5 Å². The van der Waals surface area contributed by atoms with Crippen molar-refractivity contribution in [3.8, 4) is 0 Å². The molecule has 2 atom stereocenters. The highest BCUT2D eigenvalue weighted by Crippen LogP contribution is 2.29. The lowest BCUT2D eigenvalue weighted by molar-refractivity contribution is -0.314. The fraction of sp³-hybridized carbons (Fsp3) is 0.500. The maximum Gasteiger partial charge on any atom is 0.224 e. The summed E-state index contributed by atoms with van der Waals surface area (Å²) in [6.45, 7) is 0.400. The van der Waals surface area contributed by atoms with Gasteiger partial charge in [0.1, 0.15) is 0 Å². The molecule has 5 nitrogen and oxygen atoms in total. The zero-order valence-corrected chi connectivity index (χ0v) is 10.7. The molecule has 1 saturated carbocycles. The summed E-state index contributed by atoms with van der Waals surface area (Å²) in [5, 5.41) is 13.8. The molecule has 1 aliphatic rings. The van der Waals surface area contributed by atoms with Crippen LogP contribution in [0.3, 0.4) is 0 Å². The van der Waals surface area contributed by atoms with Gasteiger partial charge in [-0.3, -0.25) is 9.78 Å². The SMILES string of the molecule is O=C([O-])[C@@H]1CCCC[C@H]1C(=O)NCc1ccncc1. The normalized spacial score (nSPS) is 22.7. The Morgan fingerprint density at radius 2 is 1.84 bits per heavy atom. The van der Waals surface area contributed by atoms with Crippen LogP contribution in [-0.4, -0.2) is 16.9 Å². The van der Waals surface area contributed by atoms with E-state index in [0.29, 0.717) is 19.4 Å².